The Kier molecular flexibility index (Phi) is 6.64. The normalized spacial score (nSPS) is 17.4. The van der Waals surface area contributed by atoms with E-state index in [1.54, 1.807) is 37.8 Å². The van der Waals surface area contributed by atoms with Crippen LogP contribution in [0, 0.1) is 0 Å². The summed E-state index contributed by atoms with van der Waals surface area (Å²) in [6.07, 6.45) is -0.753. The Labute approximate surface area is 204 Å². The number of amides is 2. The van der Waals surface area contributed by atoms with Crippen LogP contribution in [-0.2, 0) is 33.1 Å². The molecule has 176 valence electrons. The molecule has 1 aliphatic rings. The lowest BCUT2D eigenvalue weighted by Gasteiger charge is -2.31. The molecule has 0 unspecified atom stereocenters. The molecule has 0 spiro atoms. The number of carbonyl (C=O) groups is 2. The van der Waals surface area contributed by atoms with Crippen LogP contribution in [0.3, 0.4) is 0 Å². The van der Waals surface area contributed by atoms with Crippen molar-refractivity contribution in [2.24, 2.45) is 0 Å². The smallest absolute Gasteiger partial charge is 0.410 e. The highest BCUT2D eigenvalue weighted by molar-refractivity contribution is 6.31. The van der Waals surface area contributed by atoms with Gasteiger partial charge in [-0.25, -0.2) is 4.79 Å². The van der Waals surface area contributed by atoms with Crippen molar-refractivity contribution in [3.05, 3.63) is 101 Å². The van der Waals surface area contributed by atoms with Crippen LogP contribution in [0.15, 0.2) is 78.9 Å². The Bertz CT molecular complexity index is 1190. The molecule has 0 fully saturated rings. The van der Waals surface area contributed by atoms with Crippen molar-refractivity contribution < 1.29 is 19.1 Å². The summed E-state index contributed by atoms with van der Waals surface area (Å²) in [5, 5.41) is 3.25. The summed E-state index contributed by atoms with van der Waals surface area (Å²) in [6, 6.07) is 24.2. The van der Waals surface area contributed by atoms with Crippen LogP contribution in [0.4, 0.5) is 10.5 Å². The first-order valence-electron chi connectivity index (χ1n) is 11.0. The van der Waals surface area contributed by atoms with Gasteiger partial charge in [0, 0.05) is 10.6 Å². The number of anilines is 1. The fourth-order valence-corrected chi connectivity index (χ4v) is 4.08. The van der Waals surface area contributed by atoms with E-state index < -0.39 is 23.3 Å². The summed E-state index contributed by atoms with van der Waals surface area (Å²) >= 11 is 6.33. The minimum absolute atomic E-state index is 0.00865. The first-order chi connectivity index (χ1) is 16.2. The van der Waals surface area contributed by atoms with Gasteiger partial charge in [0.2, 0.25) is 0 Å². The molecule has 4 rings (SSSR count). The van der Waals surface area contributed by atoms with Crippen molar-refractivity contribution in [1.29, 1.82) is 0 Å². The molecular weight excluding hydrogens is 452 g/mol. The van der Waals surface area contributed by atoms with Crippen molar-refractivity contribution in [2.45, 2.75) is 45.2 Å². The molecule has 0 bridgehead atoms. The van der Waals surface area contributed by atoms with Crippen LogP contribution in [-0.4, -0.2) is 17.6 Å². The highest BCUT2D eigenvalue weighted by atomic mass is 35.5. The Balaban J connectivity index is 1.74. The quantitative estimate of drug-likeness (QED) is 0.456. The van der Waals surface area contributed by atoms with Gasteiger partial charge < -0.3 is 14.4 Å². The third-order valence-electron chi connectivity index (χ3n) is 5.38. The number of rotatable bonds is 6. The summed E-state index contributed by atoms with van der Waals surface area (Å²) in [4.78, 5) is 28.5. The average Bonchev–Trinajstić information content (AvgIpc) is 3.01. The van der Waals surface area contributed by atoms with E-state index in [1.807, 2.05) is 66.7 Å². The molecule has 0 saturated heterocycles. The molecule has 1 aliphatic heterocycles. The third-order valence-corrected chi connectivity index (χ3v) is 5.75. The van der Waals surface area contributed by atoms with Crippen molar-refractivity contribution >= 4 is 29.3 Å². The highest BCUT2D eigenvalue weighted by Gasteiger charge is 2.54. The molecule has 0 aliphatic carbocycles. The van der Waals surface area contributed by atoms with Crippen LogP contribution >= 0.6 is 11.6 Å². The monoisotopic (exact) mass is 478 g/mol. The second-order valence-electron chi connectivity index (χ2n) is 9.08. The molecule has 34 heavy (non-hydrogen) atoms. The number of carbonyl (C=O) groups excluding carboxylic acids is 2. The van der Waals surface area contributed by atoms with E-state index in [1.165, 1.54) is 0 Å². The maximum atomic E-state index is 14.0. The van der Waals surface area contributed by atoms with Gasteiger partial charge in [-0.2, -0.15) is 0 Å². The first-order valence-corrected chi connectivity index (χ1v) is 11.4. The molecule has 3 aromatic carbocycles. The number of nitrogens with one attached hydrogen (secondary N) is 1. The molecule has 1 heterocycles. The van der Waals surface area contributed by atoms with Crippen LogP contribution in [0.25, 0.3) is 0 Å². The summed E-state index contributed by atoms with van der Waals surface area (Å²) < 4.78 is 11.8. The van der Waals surface area contributed by atoms with E-state index in [4.69, 9.17) is 21.1 Å². The predicted octanol–water partition coefficient (Wildman–Crippen LogP) is 5.78. The Morgan fingerprint density at radius 1 is 0.971 bits per heavy atom. The van der Waals surface area contributed by atoms with Gasteiger partial charge in [0.1, 0.15) is 5.60 Å². The molecule has 1 atom stereocenters. The number of halogens is 1. The van der Waals surface area contributed by atoms with Gasteiger partial charge in [-0.3, -0.25) is 10.1 Å². The molecular formula is C27H27ClN2O4. The average molecular weight is 479 g/mol. The van der Waals surface area contributed by atoms with E-state index in [9.17, 15) is 9.59 Å². The zero-order valence-corrected chi connectivity index (χ0v) is 20.1. The number of nitrogens with zero attached hydrogens (tertiary/aromatic N) is 1. The van der Waals surface area contributed by atoms with Gasteiger partial charge in [-0.05, 0) is 44.0 Å². The van der Waals surface area contributed by atoms with E-state index >= 15 is 0 Å². The van der Waals surface area contributed by atoms with E-state index in [-0.39, 0.29) is 6.61 Å². The first kappa shape index (κ1) is 23.8. The topological polar surface area (TPSA) is 67.9 Å². The zero-order chi connectivity index (χ0) is 24.3. The van der Waals surface area contributed by atoms with Crippen LogP contribution in [0.1, 0.15) is 37.5 Å². The molecule has 2 amide bonds. The largest absolute Gasteiger partial charge is 0.444 e. The van der Waals surface area contributed by atoms with Gasteiger partial charge in [-0.1, -0.05) is 78.3 Å². The van der Waals surface area contributed by atoms with Gasteiger partial charge in [0.05, 0.1) is 18.8 Å². The summed E-state index contributed by atoms with van der Waals surface area (Å²) in [5.41, 5.74) is 0.317. The van der Waals surface area contributed by atoms with Gasteiger partial charge >= 0.3 is 6.09 Å². The fraction of sp³-hybridized carbons (Fsp3) is 0.259. The second-order valence-corrected chi connectivity index (χ2v) is 9.49. The van der Waals surface area contributed by atoms with Crippen molar-refractivity contribution in [3.8, 4) is 0 Å². The number of para-hydroxylation sites is 1. The SMILES string of the molecule is CC(C)(C)OC(=O)N[C@]1(OCc2ccccc2Cl)C(=O)N(Cc2ccccc2)c2ccccc21. The van der Waals surface area contributed by atoms with E-state index in [0.29, 0.717) is 28.4 Å². The lowest BCUT2D eigenvalue weighted by molar-refractivity contribution is -0.151. The minimum Gasteiger partial charge on any atom is -0.444 e. The van der Waals surface area contributed by atoms with Crippen molar-refractivity contribution in [1.82, 2.24) is 5.32 Å². The maximum absolute atomic E-state index is 14.0. The summed E-state index contributed by atoms with van der Waals surface area (Å²) in [6.45, 7) is 5.61. The minimum atomic E-state index is -1.77. The lowest BCUT2D eigenvalue weighted by atomic mass is 10.0. The van der Waals surface area contributed by atoms with Crippen molar-refractivity contribution in [3.63, 3.8) is 0 Å². The molecule has 3 aromatic rings. The lowest BCUT2D eigenvalue weighted by Crippen LogP contribution is -2.55. The molecule has 6 nitrogen and oxygen atoms in total. The fourth-order valence-electron chi connectivity index (χ4n) is 3.89. The molecule has 7 heteroatoms. The number of hydrogen-bond acceptors (Lipinski definition) is 4. The Morgan fingerprint density at radius 2 is 1.62 bits per heavy atom. The number of benzene rings is 3. The standard InChI is InChI=1S/C27H27ClN2O4/c1-26(2,3)34-25(32)29-27(33-18-20-13-7-9-15-22(20)28)21-14-8-10-16-23(21)30(24(27)31)17-19-11-5-4-6-12-19/h4-16H,17-18H2,1-3H3,(H,29,32)/t27-/m1/s1. The maximum Gasteiger partial charge on any atom is 0.410 e. The van der Waals surface area contributed by atoms with Crippen LogP contribution < -0.4 is 10.2 Å². The molecule has 1 N–H and O–H groups in total. The number of hydrogen-bond donors (Lipinski definition) is 1. The predicted molar refractivity (Wildman–Crippen MR) is 131 cm³/mol. The van der Waals surface area contributed by atoms with Crippen molar-refractivity contribution in [2.75, 3.05) is 4.90 Å². The van der Waals surface area contributed by atoms with Gasteiger partial charge in [0.15, 0.2) is 0 Å². The van der Waals surface area contributed by atoms with E-state index in [0.717, 1.165) is 5.56 Å². The van der Waals surface area contributed by atoms with Gasteiger partial charge in [0.25, 0.3) is 11.6 Å². The van der Waals surface area contributed by atoms with Crippen LogP contribution in [0.2, 0.25) is 5.02 Å². The second kappa shape index (κ2) is 9.49. The van der Waals surface area contributed by atoms with E-state index in [2.05, 4.69) is 5.32 Å². The zero-order valence-electron chi connectivity index (χ0n) is 19.4. The summed E-state index contributed by atoms with van der Waals surface area (Å²) in [5.74, 6) is -0.407. The Morgan fingerprint density at radius 3 is 2.32 bits per heavy atom. The van der Waals surface area contributed by atoms with Gasteiger partial charge in [-0.15, -0.1) is 0 Å². The number of fused-ring (bicyclic) bond motifs is 1. The molecule has 0 saturated carbocycles. The highest BCUT2D eigenvalue weighted by Crippen LogP contribution is 2.43. The third kappa shape index (κ3) is 4.93. The number of alkyl carbamates (subject to hydrolysis) is 1. The molecule has 0 radical (unpaired) electrons. The molecule has 0 aromatic heterocycles. The number of ether oxygens (including phenoxy) is 2. The van der Waals surface area contributed by atoms with Crippen LogP contribution in [0.5, 0.6) is 0 Å². The summed E-state index contributed by atoms with van der Waals surface area (Å²) in [7, 11) is 0. The Hall–Kier alpha value is -3.35.